The van der Waals surface area contributed by atoms with E-state index in [1.165, 1.54) is 11.3 Å². The number of benzene rings is 2. The van der Waals surface area contributed by atoms with Crippen molar-refractivity contribution < 1.29 is 14.3 Å². The molecule has 156 valence electrons. The van der Waals surface area contributed by atoms with Crippen molar-refractivity contribution in [1.29, 1.82) is 0 Å². The predicted octanol–water partition coefficient (Wildman–Crippen LogP) is 4.97. The van der Waals surface area contributed by atoms with Gasteiger partial charge in [0.25, 0.3) is 5.91 Å². The fourth-order valence-corrected chi connectivity index (χ4v) is 3.60. The van der Waals surface area contributed by atoms with E-state index in [2.05, 4.69) is 20.6 Å². The fraction of sp³-hybridized carbons (Fsp3) is 0.0870. The highest BCUT2D eigenvalue weighted by atomic mass is 32.1. The van der Waals surface area contributed by atoms with E-state index in [4.69, 9.17) is 9.47 Å². The van der Waals surface area contributed by atoms with Gasteiger partial charge in [0.2, 0.25) is 0 Å². The van der Waals surface area contributed by atoms with Gasteiger partial charge in [0.05, 0.1) is 12.8 Å². The van der Waals surface area contributed by atoms with Crippen LogP contribution in [-0.4, -0.2) is 29.6 Å². The molecule has 2 aromatic carbocycles. The Bertz CT molecular complexity index is 1160. The van der Waals surface area contributed by atoms with Gasteiger partial charge >= 0.3 is 0 Å². The molecular weight excluding hydrogens is 412 g/mol. The number of para-hydroxylation sites is 2. The zero-order valence-corrected chi connectivity index (χ0v) is 17.6. The molecule has 7 nitrogen and oxygen atoms in total. The van der Waals surface area contributed by atoms with Gasteiger partial charge in [-0.05, 0) is 42.5 Å². The number of nitrogens with zero attached hydrogens (tertiary/aromatic N) is 2. The lowest BCUT2D eigenvalue weighted by Gasteiger charge is -2.11. The number of carbonyl (C=O) groups is 1. The van der Waals surface area contributed by atoms with Gasteiger partial charge in [0.15, 0.2) is 23.2 Å². The van der Waals surface area contributed by atoms with Crippen molar-refractivity contribution in [1.82, 2.24) is 9.97 Å². The van der Waals surface area contributed by atoms with Gasteiger partial charge in [-0.15, -0.1) is 11.3 Å². The molecule has 4 aromatic rings. The molecule has 0 fully saturated rings. The maximum absolute atomic E-state index is 12.3. The summed E-state index contributed by atoms with van der Waals surface area (Å²) < 4.78 is 10.8. The fourth-order valence-electron chi connectivity index (χ4n) is 2.86. The number of thiazole rings is 1. The number of aromatic nitrogens is 2. The number of hydrogen-bond donors (Lipinski definition) is 2. The highest BCUT2D eigenvalue weighted by molar-refractivity contribution is 7.14. The molecule has 0 spiro atoms. The van der Waals surface area contributed by atoms with Crippen molar-refractivity contribution in [2.24, 2.45) is 0 Å². The second-order valence-electron chi connectivity index (χ2n) is 6.47. The van der Waals surface area contributed by atoms with Gasteiger partial charge in [-0.1, -0.05) is 18.2 Å². The summed E-state index contributed by atoms with van der Waals surface area (Å²) in [6, 6.07) is 18.5. The Morgan fingerprint density at radius 1 is 1.00 bits per heavy atom. The number of anilines is 3. The maximum atomic E-state index is 12.3. The number of hydrogen-bond acceptors (Lipinski definition) is 7. The molecule has 0 unspecified atom stereocenters. The molecule has 0 saturated carbocycles. The molecule has 1 amide bonds. The first-order chi connectivity index (χ1) is 15.2. The Morgan fingerprint density at radius 2 is 1.77 bits per heavy atom. The van der Waals surface area contributed by atoms with Crippen LogP contribution in [0.1, 0.15) is 0 Å². The van der Waals surface area contributed by atoms with Gasteiger partial charge < -0.3 is 20.1 Å². The van der Waals surface area contributed by atoms with Crippen LogP contribution in [0, 0.1) is 0 Å². The van der Waals surface area contributed by atoms with E-state index in [0.29, 0.717) is 17.2 Å². The molecule has 4 rings (SSSR count). The second-order valence-corrected chi connectivity index (χ2v) is 7.33. The summed E-state index contributed by atoms with van der Waals surface area (Å²) in [5.74, 6) is 0.831. The number of carbonyl (C=O) groups excluding carboxylic acids is 1. The van der Waals surface area contributed by atoms with E-state index in [0.717, 1.165) is 22.1 Å². The summed E-state index contributed by atoms with van der Waals surface area (Å²) in [4.78, 5) is 20.9. The Hall–Kier alpha value is -3.91. The van der Waals surface area contributed by atoms with Gasteiger partial charge in [-0.25, -0.2) is 4.98 Å². The number of nitrogens with one attached hydrogen (secondary N) is 2. The van der Waals surface area contributed by atoms with Crippen LogP contribution in [0.4, 0.5) is 16.5 Å². The molecule has 0 bridgehead atoms. The molecule has 0 aliphatic carbocycles. The molecule has 0 atom stereocenters. The smallest absolute Gasteiger partial charge is 0.262 e. The number of rotatable bonds is 8. The molecule has 2 aromatic heterocycles. The first kappa shape index (κ1) is 20.4. The standard InChI is InChI=1S/C23H20N4O3S/c1-29-20-7-2-3-8-21(20)30-14-22(28)25-17-5-4-6-18(13-17)26-23-27-19(15-31-23)16-9-11-24-12-10-16/h2-13,15H,14H2,1H3,(H,25,28)(H,26,27). The number of amides is 1. The number of methoxy groups -OCH3 is 1. The monoisotopic (exact) mass is 432 g/mol. The quantitative estimate of drug-likeness (QED) is 0.409. The summed E-state index contributed by atoms with van der Waals surface area (Å²) in [5, 5.41) is 8.86. The topological polar surface area (TPSA) is 85.4 Å². The zero-order valence-electron chi connectivity index (χ0n) is 16.7. The van der Waals surface area contributed by atoms with Gasteiger partial charge in [0.1, 0.15) is 0 Å². The van der Waals surface area contributed by atoms with E-state index in [-0.39, 0.29) is 12.5 Å². The summed E-state index contributed by atoms with van der Waals surface area (Å²) in [5.41, 5.74) is 3.37. The van der Waals surface area contributed by atoms with Crippen LogP contribution in [-0.2, 0) is 4.79 Å². The van der Waals surface area contributed by atoms with E-state index in [1.54, 1.807) is 31.6 Å². The molecule has 0 aliphatic rings. The third-order valence-electron chi connectivity index (χ3n) is 4.31. The van der Waals surface area contributed by atoms with Crippen LogP contribution >= 0.6 is 11.3 Å². The van der Waals surface area contributed by atoms with Crippen molar-refractivity contribution in [3.8, 4) is 22.8 Å². The van der Waals surface area contributed by atoms with E-state index >= 15 is 0 Å². The van der Waals surface area contributed by atoms with Crippen LogP contribution in [0.5, 0.6) is 11.5 Å². The lowest BCUT2D eigenvalue weighted by atomic mass is 10.2. The number of ether oxygens (including phenoxy) is 2. The van der Waals surface area contributed by atoms with Crippen molar-refractivity contribution >= 4 is 33.8 Å². The summed E-state index contributed by atoms with van der Waals surface area (Å²) in [6.45, 7) is -0.125. The minimum Gasteiger partial charge on any atom is -0.493 e. The highest BCUT2D eigenvalue weighted by Gasteiger charge is 2.09. The van der Waals surface area contributed by atoms with E-state index in [1.807, 2.05) is 53.9 Å². The molecule has 0 radical (unpaired) electrons. The average molecular weight is 433 g/mol. The first-order valence-electron chi connectivity index (χ1n) is 9.50. The third kappa shape index (κ3) is 5.37. The molecule has 2 N–H and O–H groups in total. The van der Waals surface area contributed by atoms with Crippen LogP contribution < -0.4 is 20.1 Å². The van der Waals surface area contributed by atoms with Gasteiger partial charge in [-0.2, -0.15) is 0 Å². The lowest BCUT2D eigenvalue weighted by molar-refractivity contribution is -0.118. The van der Waals surface area contributed by atoms with Crippen LogP contribution in [0.15, 0.2) is 78.4 Å². The van der Waals surface area contributed by atoms with Gasteiger partial charge in [0, 0.05) is 34.7 Å². The van der Waals surface area contributed by atoms with Crippen LogP contribution in [0.2, 0.25) is 0 Å². The largest absolute Gasteiger partial charge is 0.493 e. The van der Waals surface area contributed by atoms with Gasteiger partial charge in [-0.3, -0.25) is 9.78 Å². The van der Waals surface area contributed by atoms with Crippen molar-refractivity contribution in [3.63, 3.8) is 0 Å². The summed E-state index contributed by atoms with van der Waals surface area (Å²) >= 11 is 1.51. The highest BCUT2D eigenvalue weighted by Crippen LogP contribution is 2.28. The maximum Gasteiger partial charge on any atom is 0.262 e. The summed E-state index contributed by atoms with van der Waals surface area (Å²) in [6.07, 6.45) is 3.48. The number of pyridine rings is 1. The third-order valence-corrected chi connectivity index (χ3v) is 5.06. The lowest BCUT2D eigenvalue weighted by Crippen LogP contribution is -2.20. The normalized spacial score (nSPS) is 10.4. The van der Waals surface area contributed by atoms with Crippen molar-refractivity contribution in [2.75, 3.05) is 24.4 Å². The molecular formula is C23H20N4O3S. The van der Waals surface area contributed by atoms with E-state index < -0.39 is 0 Å². The SMILES string of the molecule is COc1ccccc1OCC(=O)Nc1cccc(Nc2nc(-c3ccncc3)cs2)c1. The second kappa shape index (κ2) is 9.73. The van der Waals surface area contributed by atoms with Crippen molar-refractivity contribution in [3.05, 3.63) is 78.4 Å². The minimum atomic E-state index is -0.266. The Morgan fingerprint density at radius 3 is 2.58 bits per heavy atom. The Kier molecular flexibility index (Phi) is 6.39. The zero-order chi connectivity index (χ0) is 21.5. The molecule has 8 heteroatoms. The van der Waals surface area contributed by atoms with E-state index in [9.17, 15) is 4.79 Å². The molecule has 0 aliphatic heterocycles. The Labute approximate surface area is 183 Å². The first-order valence-corrected chi connectivity index (χ1v) is 10.4. The minimum absolute atomic E-state index is 0.125. The molecule has 2 heterocycles. The Balaban J connectivity index is 1.36. The van der Waals surface area contributed by atoms with Crippen LogP contribution in [0.3, 0.4) is 0 Å². The summed E-state index contributed by atoms with van der Waals surface area (Å²) in [7, 11) is 1.56. The predicted molar refractivity (Wildman–Crippen MR) is 122 cm³/mol. The van der Waals surface area contributed by atoms with Crippen LogP contribution in [0.25, 0.3) is 11.3 Å². The average Bonchev–Trinajstić information content (AvgIpc) is 3.27. The van der Waals surface area contributed by atoms with Crippen molar-refractivity contribution in [2.45, 2.75) is 0 Å². The molecule has 31 heavy (non-hydrogen) atoms. The molecule has 0 saturated heterocycles.